The molecule has 0 aliphatic heterocycles. The van der Waals surface area contributed by atoms with E-state index < -0.39 is 0 Å². The molecule has 0 fully saturated rings. The number of rotatable bonds is 1. The van der Waals surface area contributed by atoms with E-state index in [1.807, 2.05) is 6.07 Å². The summed E-state index contributed by atoms with van der Waals surface area (Å²) in [6.07, 6.45) is 0. The molecule has 1 rings (SSSR count). The molecule has 7 heteroatoms. The topological polar surface area (TPSA) is 113 Å². The van der Waals surface area contributed by atoms with E-state index in [1.165, 1.54) is 0 Å². The Balaban J connectivity index is -0.0000000542. The summed E-state index contributed by atoms with van der Waals surface area (Å²) >= 11 is 0. The van der Waals surface area contributed by atoms with Crippen LogP contribution in [0.5, 0.6) is 0 Å². The number of pyridine rings is 1. The van der Waals surface area contributed by atoms with Crippen molar-refractivity contribution in [3.05, 3.63) is 63.1 Å². The van der Waals surface area contributed by atoms with Gasteiger partial charge < -0.3 is 5.11 Å². The first-order chi connectivity index (χ1) is 8.33. The van der Waals surface area contributed by atoms with E-state index in [-0.39, 0.29) is 23.7 Å². The van der Waals surface area contributed by atoms with Crippen molar-refractivity contribution < 1.29 is 40.8 Å². The molecular formula is C11H8FeNO5-. The molecule has 0 atom stereocenters. The maximum Gasteiger partial charge on any atom is 0.0851 e. The van der Waals surface area contributed by atoms with Gasteiger partial charge in [-0.2, -0.15) is 6.07 Å². The fourth-order valence-electron chi connectivity index (χ4n) is 0.617. The van der Waals surface area contributed by atoms with E-state index in [4.69, 9.17) is 23.7 Å². The van der Waals surface area contributed by atoms with E-state index in [9.17, 15) is 0 Å². The number of hydrogen-bond acceptors (Lipinski definition) is 2. The largest absolute Gasteiger partial charge is 0.390 e. The molecule has 18 heavy (non-hydrogen) atoms. The Morgan fingerprint density at radius 1 is 1.00 bits per heavy atom. The molecule has 96 valence electrons. The SMILES string of the molecule is [C-]#[O+].[C-]#[O+].[C-]#[O+].[C-]#[O+].[CH2-]c1cccc(CO)n1.[Fe]. The Morgan fingerprint density at radius 2 is 1.39 bits per heavy atom. The number of hydrogen-bond donors (Lipinski definition) is 1. The van der Waals surface area contributed by atoms with Crippen LogP contribution in [0.15, 0.2) is 18.2 Å². The monoisotopic (exact) mass is 290 g/mol. The van der Waals surface area contributed by atoms with Crippen LogP contribution in [-0.2, 0) is 42.3 Å². The van der Waals surface area contributed by atoms with Gasteiger partial charge in [0.05, 0.1) is 12.3 Å². The summed E-state index contributed by atoms with van der Waals surface area (Å²) in [7, 11) is 0. The minimum absolute atomic E-state index is 0. The van der Waals surface area contributed by atoms with Crippen LogP contribution < -0.4 is 0 Å². The summed E-state index contributed by atoms with van der Waals surface area (Å²) < 4.78 is 30.0. The first-order valence-corrected chi connectivity index (χ1v) is 3.53. The Hall–Kier alpha value is -1.54. The summed E-state index contributed by atoms with van der Waals surface area (Å²) in [4.78, 5) is 3.93. The summed E-state index contributed by atoms with van der Waals surface area (Å²) in [6.45, 7) is 21.6. The Labute approximate surface area is 116 Å². The standard InChI is InChI=1S/C7H8NO.4CO.Fe/c1-6-3-2-4-7(5-9)8-6;4*1-2;/h2-4,9H,1,5H2;;;;;/q-1;;;;;. The first-order valence-electron chi connectivity index (χ1n) is 3.53. The first kappa shape index (κ1) is 30.0. The molecule has 0 unspecified atom stereocenters. The predicted octanol–water partition coefficient (Wildman–Crippen LogP) is 0.604. The quantitative estimate of drug-likeness (QED) is 0.464. The molecule has 0 aliphatic carbocycles. The fraction of sp³-hybridized carbons (Fsp3) is 0.0909. The molecular weight excluding hydrogens is 282 g/mol. The number of nitrogens with zero attached hydrogens (tertiary/aromatic N) is 1. The van der Waals surface area contributed by atoms with Crippen molar-refractivity contribution >= 4 is 0 Å². The van der Waals surface area contributed by atoms with Crippen molar-refractivity contribution in [2.45, 2.75) is 6.61 Å². The van der Waals surface area contributed by atoms with Crippen LogP contribution in [0.2, 0.25) is 0 Å². The fourth-order valence-corrected chi connectivity index (χ4v) is 0.617. The zero-order valence-electron chi connectivity index (χ0n) is 9.03. The van der Waals surface area contributed by atoms with Gasteiger partial charge in [0.25, 0.3) is 0 Å². The van der Waals surface area contributed by atoms with E-state index in [0.29, 0.717) is 11.4 Å². The van der Waals surface area contributed by atoms with E-state index in [2.05, 4.69) is 38.5 Å². The molecule has 0 saturated carbocycles. The van der Waals surface area contributed by atoms with Crippen LogP contribution in [0, 0.1) is 33.5 Å². The van der Waals surface area contributed by atoms with E-state index in [1.54, 1.807) is 12.1 Å². The van der Waals surface area contributed by atoms with Crippen LogP contribution in [-0.4, -0.2) is 10.1 Å². The van der Waals surface area contributed by atoms with Gasteiger partial charge >= 0.3 is 45.2 Å². The third-order valence-corrected chi connectivity index (χ3v) is 1.03. The second-order valence-electron chi connectivity index (χ2n) is 1.78. The Kier molecular flexibility index (Phi) is 60.1. The maximum absolute atomic E-state index is 8.57. The summed E-state index contributed by atoms with van der Waals surface area (Å²) in [6, 6.07) is 5.37. The molecule has 1 aromatic rings. The summed E-state index contributed by atoms with van der Waals surface area (Å²) in [5.41, 5.74) is 1.36. The van der Waals surface area contributed by atoms with Gasteiger partial charge in [0.15, 0.2) is 0 Å². The summed E-state index contributed by atoms with van der Waals surface area (Å²) in [5, 5.41) is 8.57. The van der Waals surface area contributed by atoms with E-state index >= 15 is 0 Å². The van der Waals surface area contributed by atoms with Crippen LogP contribution in [0.4, 0.5) is 0 Å². The zero-order valence-corrected chi connectivity index (χ0v) is 10.1. The molecule has 0 aliphatic rings. The molecule has 1 aromatic heterocycles. The second kappa shape index (κ2) is 36.1. The van der Waals surface area contributed by atoms with Crippen molar-refractivity contribution in [2.24, 2.45) is 0 Å². The number of aromatic nitrogens is 1. The van der Waals surface area contributed by atoms with Gasteiger partial charge in [-0.15, -0.1) is 11.8 Å². The molecule has 0 amide bonds. The molecule has 0 aromatic carbocycles. The van der Waals surface area contributed by atoms with Gasteiger partial charge in [-0.3, -0.25) is 4.98 Å². The molecule has 6 nitrogen and oxygen atoms in total. The van der Waals surface area contributed by atoms with Gasteiger partial charge in [0.1, 0.15) is 0 Å². The average Bonchev–Trinajstić information content (AvgIpc) is 2.47. The molecule has 0 radical (unpaired) electrons. The minimum atomic E-state index is -0.0106. The predicted molar refractivity (Wildman–Crippen MR) is 50.3 cm³/mol. The Morgan fingerprint density at radius 3 is 1.61 bits per heavy atom. The van der Waals surface area contributed by atoms with Crippen LogP contribution in [0.3, 0.4) is 0 Å². The van der Waals surface area contributed by atoms with Crippen molar-refractivity contribution in [2.75, 3.05) is 0 Å². The van der Waals surface area contributed by atoms with Crippen molar-refractivity contribution in [3.63, 3.8) is 0 Å². The third kappa shape index (κ3) is 23.9. The average molecular weight is 290 g/mol. The smallest absolute Gasteiger partial charge is 0.0851 e. The summed E-state index contributed by atoms with van der Waals surface area (Å²) in [5.74, 6) is 0. The minimum Gasteiger partial charge on any atom is -0.390 e. The number of aliphatic hydroxyl groups is 1. The van der Waals surface area contributed by atoms with Gasteiger partial charge in [-0.1, -0.05) is 6.07 Å². The van der Waals surface area contributed by atoms with Crippen molar-refractivity contribution in [1.29, 1.82) is 0 Å². The van der Waals surface area contributed by atoms with Crippen molar-refractivity contribution in [3.8, 4) is 0 Å². The molecule has 0 spiro atoms. The zero-order chi connectivity index (χ0) is 14.7. The Bertz CT molecular complexity index is 322. The molecule has 1 N–H and O–H groups in total. The third-order valence-electron chi connectivity index (χ3n) is 1.03. The van der Waals surface area contributed by atoms with Gasteiger partial charge in [-0.25, -0.2) is 6.92 Å². The maximum atomic E-state index is 8.57. The second-order valence-corrected chi connectivity index (χ2v) is 1.78. The van der Waals surface area contributed by atoms with Crippen LogP contribution in [0.1, 0.15) is 11.4 Å². The van der Waals surface area contributed by atoms with Crippen LogP contribution >= 0.6 is 0 Å². The normalized spacial score (nSPS) is 5.17. The number of aliphatic hydroxyl groups excluding tert-OH is 1. The van der Waals surface area contributed by atoms with Crippen LogP contribution in [0.25, 0.3) is 0 Å². The van der Waals surface area contributed by atoms with Gasteiger partial charge in [0, 0.05) is 17.1 Å². The van der Waals surface area contributed by atoms with Gasteiger partial charge in [-0.05, 0) is 0 Å². The molecule has 1 heterocycles. The molecule has 0 saturated heterocycles. The van der Waals surface area contributed by atoms with Crippen molar-refractivity contribution in [1.82, 2.24) is 4.98 Å². The molecule has 0 bridgehead atoms. The van der Waals surface area contributed by atoms with Gasteiger partial charge in [0.2, 0.25) is 0 Å². The van der Waals surface area contributed by atoms with E-state index in [0.717, 1.165) is 0 Å².